The average molecular weight is 354 g/mol. The van der Waals surface area contributed by atoms with Crippen LogP contribution in [0, 0.1) is 0 Å². The number of hydrogen-bond acceptors (Lipinski definition) is 4. The molecule has 2 atom stereocenters. The fourth-order valence-electron chi connectivity index (χ4n) is 2.59. The van der Waals surface area contributed by atoms with Gasteiger partial charge in [-0.15, -0.1) is 0 Å². The minimum Gasteiger partial charge on any atom is -0.507 e. The van der Waals surface area contributed by atoms with Gasteiger partial charge in [0.25, 0.3) is 5.91 Å². The molecule has 1 amide bonds. The summed E-state index contributed by atoms with van der Waals surface area (Å²) in [6.45, 7) is 0. The largest absolute Gasteiger partial charge is 0.507 e. The Labute approximate surface area is 146 Å². The molecule has 128 valence electrons. The number of aromatic nitrogens is 1. The van der Waals surface area contributed by atoms with E-state index in [1.807, 2.05) is 24.3 Å². The molecule has 0 fully saturated rings. The van der Waals surface area contributed by atoms with E-state index in [1.54, 1.807) is 36.5 Å². The standard InChI is InChI=1S/C19H18N2O3S/c1-25(24,16-7-3-2-4-8-16)21-19(23)15-11-14(12-20-13-15)17-9-5-6-10-18(17)22/h2-7,9-13,16,22H,8H2,1H3. The van der Waals surface area contributed by atoms with Crippen LogP contribution in [0.4, 0.5) is 0 Å². The van der Waals surface area contributed by atoms with E-state index in [0.29, 0.717) is 17.5 Å². The maximum absolute atomic E-state index is 12.8. The molecule has 1 heterocycles. The summed E-state index contributed by atoms with van der Waals surface area (Å²) >= 11 is 0. The van der Waals surface area contributed by atoms with E-state index in [9.17, 15) is 14.1 Å². The lowest BCUT2D eigenvalue weighted by Gasteiger charge is -2.14. The third-order valence-corrected chi connectivity index (χ3v) is 5.97. The zero-order chi connectivity index (χ0) is 17.9. The number of amides is 1. The number of pyridine rings is 1. The molecule has 2 unspecified atom stereocenters. The second-order valence-electron chi connectivity index (χ2n) is 5.82. The van der Waals surface area contributed by atoms with Crippen LogP contribution in [0.1, 0.15) is 16.8 Å². The number of aromatic hydroxyl groups is 1. The molecule has 3 rings (SSSR count). The number of para-hydroxylation sites is 1. The molecule has 1 N–H and O–H groups in total. The number of carbonyl (C=O) groups is 1. The second-order valence-corrected chi connectivity index (χ2v) is 8.33. The van der Waals surface area contributed by atoms with Crippen molar-refractivity contribution in [3.05, 3.63) is 72.6 Å². The van der Waals surface area contributed by atoms with Crippen molar-refractivity contribution in [2.75, 3.05) is 6.26 Å². The van der Waals surface area contributed by atoms with Crippen molar-refractivity contribution in [1.82, 2.24) is 4.98 Å². The van der Waals surface area contributed by atoms with Crippen molar-refractivity contribution in [3.63, 3.8) is 0 Å². The van der Waals surface area contributed by atoms with Gasteiger partial charge < -0.3 is 5.11 Å². The lowest BCUT2D eigenvalue weighted by atomic mass is 10.1. The first-order valence-corrected chi connectivity index (χ1v) is 9.78. The number of rotatable bonds is 3. The Bertz CT molecular complexity index is 986. The smallest absolute Gasteiger partial charge is 0.286 e. The number of hydrogen-bond donors (Lipinski definition) is 1. The van der Waals surface area contributed by atoms with E-state index in [-0.39, 0.29) is 16.6 Å². The van der Waals surface area contributed by atoms with Gasteiger partial charge in [0.2, 0.25) is 0 Å². The zero-order valence-corrected chi connectivity index (χ0v) is 14.5. The Morgan fingerprint density at radius 1 is 1.28 bits per heavy atom. The Balaban J connectivity index is 1.93. The first-order chi connectivity index (χ1) is 12.0. The summed E-state index contributed by atoms with van der Waals surface area (Å²) in [6.07, 6.45) is 12.5. The number of carbonyl (C=O) groups excluding carboxylic acids is 1. The van der Waals surface area contributed by atoms with Crippen molar-refractivity contribution in [3.8, 4) is 16.9 Å². The molecule has 1 aliphatic carbocycles. The molecular formula is C19H18N2O3S. The summed E-state index contributed by atoms with van der Waals surface area (Å²) < 4.78 is 16.8. The predicted octanol–water partition coefficient (Wildman–Crippen LogP) is 3.58. The molecule has 0 bridgehead atoms. The van der Waals surface area contributed by atoms with E-state index in [2.05, 4.69) is 9.35 Å². The lowest BCUT2D eigenvalue weighted by Crippen LogP contribution is -2.19. The summed E-state index contributed by atoms with van der Waals surface area (Å²) in [5.41, 5.74) is 1.41. The van der Waals surface area contributed by atoms with Crippen LogP contribution in [-0.2, 0) is 9.73 Å². The topological polar surface area (TPSA) is 79.6 Å². The van der Waals surface area contributed by atoms with Crippen molar-refractivity contribution >= 4 is 15.6 Å². The first-order valence-electron chi connectivity index (χ1n) is 7.79. The summed E-state index contributed by atoms with van der Waals surface area (Å²) in [4.78, 5) is 16.5. The molecule has 1 aromatic carbocycles. The maximum Gasteiger partial charge on any atom is 0.286 e. The normalized spacial score (nSPS) is 18.5. The lowest BCUT2D eigenvalue weighted by molar-refractivity contribution is 0.100. The Morgan fingerprint density at radius 3 is 2.80 bits per heavy atom. The summed E-state index contributed by atoms with van der Waals surface area (Å²) in [5.74, 6) is -0.468. The van der Waals surface area contributed by atoms with Crippen LogP contribution in [0.3, 0.4) is 0 Å². The molecule has 1 aromatic heterocycles. The highest BCUT2D eigenvalue weighted by Crippen LogP contribution is 2.28. The highest BCUT2D eigenvalue weighted by atomic mass is 32.2. The highest BCUT2D eigenvalue weighted by molar-refractivity contribution is 7.94. The van der Waals surface area contributed by atoms with E-state index in [4.69, 9.17) is 0 Å². The van der Waals surface area contributed by atoms with Gasteiger partial charge in [0.15, 0.2) is 0 Å². The number of phenolic OH excluding ortho intramolecular Hbond substituents is 1. The van der Waals surface area contributed by atoms with Gasteiger partial charge in [-0.05, 0) is 18.6 Å². The van der Waals surface area contributed by atoms with Crippen LogP contribution in [-0.4, -0.2) is 31.7 Å². The highest BCUT2D eigenvalue weighted by Gasteiger charge is 2.19. The summed E-state index contributed by atoms with van der Waals surface area (Å²) in [5, 5.41) is 9.67. The van der Waals surface area contributed by atoms with Gasteiger partial charge in [0.1, 0.15) is 5.75 Å². The van der Waals surface area contributed by atoms with Gasteiger partial charge in [-0.1, -0.05) is 42.5 Å². The molecule has 0 aliphatic heterocycles. The van der Waals surface area contributed by atoms with Crippen LogP contribution in [0.5, 0.6) is 5.75 Å². The van der Waals surface area contributed by atoms with E-state index in [0.717, 1.165) is 0 Å². The quantitative estimate of drug-likeness (QED) is 0.914. The van der Waals surface area contributed by atoms with Gasteiger partial charge in [-0.25, -0.2) is 4.21 Å². The van der Waals surface area contributed by atoms with Crippen molar-refractivity contribution in [2.45, 2.75) is 11.7 Å². The fourth-order valence-corrected chi connectivity index (χ4v) is 4.01. The van der Waals surface area contributed by atoms with Crippen molar-refractivity contribution < 1.29 is 14.1 Å². The van der Waals surface area contributed by atoms with Gasteiger partial charge in [0.05, 0.1) is 20.5 Å². The number of nitrogens with zero attached hydrogens (tertiary/aromatic N) is 2. The second kappa shape index (κ2) is 7.03. The molecule has 0 saturated carbocycles. The summed E-state index contributed by atoms with van der Waals surface area (Å²) in [6, 6.07) is 8.40. The average Bonchev–Trinajstić information content (AvgIpc) is 2.62. The molecule has 0 radical (unpaired) electrons. The van der Waals surface area contributed by atoms with Crippen LogP contribution >= 0.6 is 0 Å². The van der Waals surface area contributed by atoms with Gasteiger partial charge in [-0.2, -0.15) is 4.36 Å². The molecule has 0 spiro atoms. The van der Waals surface area contributed by atoms with Crippen LogP contribution in [0.15, 0.2) is 71.4 Å². The van der Waals surface area contributed by atoms with Crippen molar-refractivity contribution in [1.29, 1.82) is 0 Å². The molecule has 25 heavy (non-hydrogen) atoms. The Hall–Kier alpha value is -2.73. The zero-order valence-electron chi connectivity index (χ0n) is 13.7. The molecule has 0 saturated heterocycles. The maximum atomic E-state index is 12.8. The molecular weight excluding hydrogens is 336 g/mol. The van der Waals surface area contributed by atoms with Crippen LogP contribution in [0.25, 0.3) is 11.1 Å². The molecule has 2 aromatic rings. The third-order valence-electron chi connectivity index (χ3n) is 3.97. The molecule has 1 aliphatic rings. The fraction of sp³-hybridized carbons (Fsp3) is 0.158. The van der Waals surface area contributed by atoms with E-state index >= 15 is 0 Å². The Kier molecular flexibility index (Phi) is 4.81. The molecule has 6 heteroatoms. The van der Waals surface area contributed by atoms with Crippen LogP contribution < -0.4 is 0 Å². The first kappa shape index (κ1) is 17.1. The number of allylic oxidation sites excluding steroid dienone is 3. The number of phenols is 1. The van der Waals surface area contributed by atoms with Crippen molar-refractivity contribution in [2.24, 2.45) is 4.36 Å². The SMILES string of the molecule is CS(=O)(=NC(=O)c1cncc(-c2ccccc2O)c1)C1C=CC=CC1. The summed E-state index contributed by atoms with van der Waals surface area (Å²) in [7, 11) is -2.71. The van der Waals surface area contributed by atoms with Gasteiger partial charge in [-0.3, -0.25) is 9.78 Å². The van der Waals surface area contributed by atoms with Crippen LogP contribution in [0.2, 0.25) is 0 Å². The van der Waals surface area contributed by atoms with Gasteiger partial charge in [0, 0.05) is 29.8 Å². The third kappa shape index (κ3) is 3.85. The molecule has 5 nitrogen and oxygen atoms in total. The van der Waals surface area contributed by atoms with Gasteiger partial charge >= 0.3 is 0 Å². The minimum absolute atomic E-state index is 0.101. The van der Waals surface area contributed by atoms with E-state index < -0.39 is 15.6 Å². The number of benzene rings is 1. The predicted molar refractivity (Wildman–Crippen MR) is 98.8 cm³/mol. The Morgan fingerprint density at radius 2 is 2.08 bits per heavy atom. The van der Waals surface area contributed by atoms with E-state index in [1.165, 1.54) is 12.5 Å². The minimum atomic E-state index is -2.71. The monoisotopic (exact) mass is 354 g/mol.